The summed E-state index contributed by atoms with van der Waals surface area (Å²) in [6.07, 6.45) is -5.53. The fourth-order valence-corrected chi connectivity index (χ4v) is 6.35. The van der Waals surface area contributed by atoms with Gasteiger partial charge in [-0.1, -0.05) is 11.1 Å². The van der Waals surface area contributed by atoms with E-state index in [0.717, 1.165) is 11.1 Å². The van der Waals surface area contributed by atoms with Crippen LogP contribution >= 0.6 is 0 Å². The Balaban J connectivity index is 1.29. The summed E-state index contributed by atoms with van der Waals surface area (Å²) in [5, 5.41) is 31.3. The lowest BCUT2D eigenvalue weighted by molar-refractivity contribution is -0.295. The van der Waals surface area contributed by atoms with Gasteiger partial charge in [-0.3, -0.25) is 9.59 Å². The number of hydrogen-bond acceptors (Lipinski definition) is 12. The van der Waals surface area contributed by atoms with Crippen LogP contribution in [0.5, 0.6) is 0 Å². The topological polar surface area (TPSA) is 175 Å². The molecule has 3 heterocycles. The summed E-state index contributed by atoms with van der Waals surface area (Å²) in [5.41, 5.74) is 2.62. The third-order valence-electron chi connectivity index (χ3n) is 8.45. The Bertz CT molecular complexity index is 1090. The molecule has 0 unspecified atom stereocenters. The maximum absolute atomic E-state index is 13.2. The molecule has 0 radical (unpaired) electrons. The Kier molecular flexibility index (Phi) is 7.33. The number of allylic oxidation sites excluding steroid dienone is 2. The quantitative estimate of drug-likeness (QED) is 0.309. The highest BCUT2D eigenvalue weighted by Gasteiger charge is 2.52. The Morgan fingerprint density at radius 3 is 1.79 bits per heavy atom. The summed E-state index contributed by atoms with van der Waals surface area (Å²) in [6, 6.07) is 0. The highest BCUT2D eigenvalue weighted by atomic mass is 16.7. The zero-order chi connectivity index (χ0) is 27.3. The minimum atomic E-state index is -1.81. The summed E-state index contributed by atoms with van der Waals surface area (Å²) >= 11 is 0. The Hall–Kier alpha value is -2.80. The van der Waals surface area contributed by atoms with Crippen LogP contribution in [0.2, 0.25) is 0 Å². The minimum absolute atomic E-state index is 0.190. The van der Waals surface area contributed by atoms with Gasteiger partial charge >= 0.3 is 23.9 Å². The van der Waals surface area contributed by atoms with Crippen molar-refractivity contribution in [3.8, 4) is 0 Å². The monoisotopic (exact) mass is 536 g/mol. The van der Waals surface area contributed by atoms with E-state index in [1.54, 1.807) is 6.92 Å². The van der Waals surface area contributed by atoms with Crippen molar-refractivity contribution < 1.29 is 58.2 Å². The van der Waals surface area contributed by atoms with Crippen LogP contribution in [0.15, 0.2) is 22.3 Å². The molecule has 5 rings (SSSR count). The Morgan fingerprint density at radius 1 is 0.842 bits per heavy atom. The van der Waals surface area contributed by atoms with E-state index in [1.165, 1.54) is 0 Å². The van der Waals surface area contributed by atoms with Gasteiger partial charge in [0.1, 0.15) is 25.4 Å². The second-order valence-corrected chi connectivity index (χ2v) is 10.6. The predicted molar refractivity (Wildman–Crippen MR) is 123 cm³/mol. The molecule has 0 aromatic rings. The normalized spacial score (nSPS) is 38.8. The third-order valence-corrected chi connectivity index (χ3v) is 8.45. The van der Waals surface area contributed by atoms with Crippen LogP contribution in [0, 0.1) is 23.7 Å². The lowest BCUT2D eigenvalue weighted by atomic mass is 9.84. The molecule has 38 heavy (non-hydrogen) atoms. The van der Waals surface area contributed by atoms with Gasteiger partial charge in [-0.25, -0.2) is 9.59 Å². The van der Waals surface area contributed by atoms with E-state index in [2.05, 4.69) is 0 Å². The molecule has 3 aliphatic heterocycles. The fourth-order valence-electron chi connectivity index (χ4n) is 6.35. The highest BCUT2D eigenvalue weighted by Crippen LogP contribution is 2.43. The smallest absolute Gasteiger partial charge is 0.334 e. The van der Waals surface area contributed by atoms with Gasteiger partial charge in [-0.05, 0) is 39.5 Å². The molecule has 0 saturated carbocycles. The number of carbonyl (C=O) groups is 4. The van der Waals surface area contributed by atoms with Crippen LogP contribution in [-0.2, 0) is 42.9 Å². The first-order chi connectivity index (χ1) is 18.1. The first-order valence-corrected chi connectivity index (χ1v) is 12.9. The molecule has 3 N–H and O–H groups in total. The molecule has 12 heteroatoms. The molecule has 0 spiro atoms. The zero-order valence-electron chi connectivity index (χ0n) is 21.2. The van der Waals surface area contributed by atoms with E-state index in [9.17, 15) is 34.5 Å². The Morgan fingerprint density at radius 2 is 1.32 bits per heavy atom. The van der Waals surface area contributed by atoms with Crippen molar-refractivity contribution in [1.82, 2.24) is 0 Å². The molecule has 0 aromatic carbocycles. The molecule has 3 saturated heterocycles. The molecule has 5 aliphatic rings. The number of ether oxygens (including phenoxy) is 5. The van der Waals surface area contributed by atoms with Crippen molar-refractivity contribution in [2.45, 2.75) is 70.2 Å². The van der Waals surface area contributed by atoms with Crippen LogP contribution < -0.4 is 0 Å². The van der Waals surface area contributed by atoms with E-state index in [1.807, 2.05) is 6.92 Å². The molecule has 0 amide bonds. The van der Waals surface area contributed by atoms with E-state index >= 15 is 0 Å². The van der Waals surface area contributed by atoms with E-state index in [4.69, 9.17) is 23.7 Å². The van der Waals surface area contributed by atoms with Gasteiger partial charge in [-0.2, -0.15) is 0 Å². The summed E-state index contributed by atoms with van der Waals surface area (Å²) in [4.78, 5) is 50.6. The molecule has 0 aromatic heterocycles. The van der Waals surface area contributed by atoms with Crippen LogP contribution in [0.4, 0.5) is 0 Å². The molecular formula is C26H32O12. The van der Waals surface area contributed by atoms with Gasteiger partial charge in [0.2, 0.25) is 0 Å². The molecule has 12 nitrogen and oxygen atoms in total. The van der Waals surface area contributed by atoms with Gasteiger partial charge in [0.15, 0.2) is 18.5 Å². The van der Waals surface area contributed by atoms with Gasteiger partial charge in [-0.15, -0.1) is 0 Å². The minimum Gasteiger partial charge on any atom is -0.461 e. The number of rotatable bonds is 5. The molecular weight excluding hydrogens is 504 g/mol. The first kappa shape index (κ1) is 26.8. The van der Waals surface area contributed by atoms with Crippen molar-refractivity contribution >= 4 is 23.9 Å². The predicted octanol–water partition coefficient (Wildman–Crippen LogP) is -0.321. The molecule has 9 atom stereocenters. The number of cyclic esters (lactones) is 2. The van der Waals surface area contributed by atoms with Gasteiger partial charge in [0.25, 0.3) is 0 Å². The maximum atomic E-state index is 13.2. The lowest BCUT2D eigenvalue weighted by Crippen LogP contribution is -2.62. The van der Waals surface area contributed by atoms with Gasteiger partial charge in [0.05, 0.1) is 18.4 Å². The van der Waals surface area contributed by atoms with Crippen LogP contribution in [0.3, 0.4) is 0 Å². The standard InChI is InChI=1S/C26H32O12/c1-10-3-5-12-14(8-34-24(31)17(10)12)22(29)37-20-16(7-27)36-26(33)21(19(20)28)38-23(30)15-9-35-25(32)18-11(2)4-6-13(15)18/h12-16,19-21,26-28,33H,3-9H2,1-2H3/t12-,13-,14+,15+,16-,19-,20-,21-,26-/m1/s1. The van der Waals surface area contributed by atoms with E-state index in [-0.39, 0.29) is 19.1 Å². The number of hydrogen-bond donors (Lipinski definition) is 3. The summed E-state index contributed by atoms with van der Waals surface area (Å²) < 4.78 is 26.7. The van der Waals surface area contributed by atoms with Crippen molar-refractivity contribution in [3.63, 3.8) is 0 Å². The second kappa shape index (κ2) is 10.4. The fraction of sp³-hybridized carbons (Fsp3) is 0.692. The lowest BCUT2D eigenvalue weighted by Gasteiger charge is -2.42. The second-order valence-electron chi connectivity index (χ2n) is 10.6. The zero-order valence-corrected chi connectivity index (χ0v) is 21.2. The van der Waals surface area contributed by atoms with E-state index in [0.29, 0.717) is 36.8 Å². The number of aliphatic hydroxyl groups excluding tert-OH is 3. The van der Waals surface area contributed by atoms with Crippen molar-refractivity contribution in [1.29, 1.82) is 0 Å². The third kappa shape index (κ3) is 4.53. The summed E-state index contributed by atoms with van der Waals surface area (Å²) in [5.74, 6) is -4.91. The van der Waals surface area contributed by atoms with E-state index < -0.39 is 78.9 Å². The number of esters is 4. The van der Waals surface area contributed by atoms with Crippen molar-refractivity contribution in [2.24, 2.45) is 23.7 Å². The average molecular weight is 537 g/mol. The summed E-state index contributed by atoms with van der Waals surface area (Å²) in [6.45, 7) is 2.52. The van der Waals surface area contributed by atoms with Gasteiger partial charge < -0.3 is 39.0 Å². The highest BCUT2D eigenvalue weighted by molar-refractivity contribution is 5.94. The SMILES string of the molecule is CC1=C2C(=O)OC[C@H](C(=O)O[C@@H]3[C@H](O)[C@H](OC(=O)[C@H]4COC(=O)C5=C(C)CC[C@@H]54)[C@@H](CO)O[C@H]3O)[C@H]2CC1. The first-order valence-electron chi connectivity index (χ1n) is 12.9. The number of carbonyl (C=O) groups excluding carboxylic acids is 4. The number of aliphatic hydroxyl groups is 3. The van der Waals surface area contributed by atoms with Crippen molar-refractivity contribution in [3.05, 3.63) is 22.3 Å². The molecule has 3 fully saturated rings. The molecule has 2 aliphatic carbocycles. The number of fused-ring (bicyclic) bond motifs is 2. The molecule has 208 valence electrons. The van der Waals surface area contributed by atoms with Crippen LogP contribution in [0.25, 0.3) is 0 Å². The van der Waals surface area contributed by atoms with Crippen LogP contribution in [-0.4, -0.2) is 89.7 Å². The van der Waals surface area contributed by atoms with Gasteiger partial charge in [0, 0.05) is 23.0 Å². The summed E-state index contributed by atoms with van der Waals surface area (Å²) in [7, 11) is 0. The molecule has 0 bridgehead atoms. The van der Waals surface area contributed by atoms with Crippen molar-refractivity contribution in [2.75, 3.05) is 19.8 Å². The average Bonchev–Trinajstić information content (AvgIpc) is 3.47. The largest absolute Gasteiger partial charge is 0.461 e. The Labute approximate surface area is 218 Å². The maximum Gasteiger partial charge on any atom is 0.334 e. The van der Waals surface area contributed by atoms with Crippen LogP contribution in [0.1, 0.15) is 39.5 Å².